The third-order valence-corrected chi connectivity index (χ3v) is 9.77. The van der Waals surface area contributed by atoms with Crippen LogP contribution in [0.15, 0.2) is 86.6 Å². The van der Waals surface area contributed by atoms with E-state index in [1.54, 1.807) is 23.1 Å². The fraction of sp³-hybridized carbons (Fsp3) is 0.269. The molecule has 0 spiro atoms. The van der Waals surface area contributed by atoms with Crippen molar-refractivity contribution in [3.8, 4) is 0 Å². The number of benzene rings is 3. The topological polar surface area (TPSA) is 57.7 Å². The summed E-state index contributed by atoms with van der Waals surface area (Å²) in [5.74, 6) is -0.203. The van der Waals surface area contributed by atoms with Gasteiger partial charge in [-0.2, -0.15) is 4.31 Å². The van der Waals surface area contributed by atoms with Gasteiger partial charge < -0.3 is 4.90 Å². The molecular weight excluding hydrogens is 616 g/mol. The number of halogens is 3. The number of rotatable bonds is 7. The summed E-state index contributed by atoms with van der Waals surface area (Å²) in [6.07, 6.45) is 1.21. The number of sulfonamides is 1. The first-order valence-electron chi connectivity index (χ1n) is 11.3. The van der Waals surface area contributed by atoms with Gasteiger partial charge in [-0.05, 0) is 70.2 Å². The predicted molar refractivity (Wildman–Crippen MR) is 146 cm³/mol. The zero-order chi connectivity index (χ0) is 25.0. The van der Waals surface area contributed by atoms with Crippen LogP contribution in [-0.4, -0.2) is 49.7 Å². The maximum atomic E-state index is 13.6. The molecule has 0 aromatic heterocycles. The van der Waals surface area contributed by atoms with E-state index >= 15 is 0 Å². The second kappa shape index (κ2) is 11.6. The average molecular weight is 641 g/mol. The Bertz CT molecular complexity index is 1280. The second-order valence-corrected chi connectivity index (χ2v) is 12.6. The van der Waals surface area contributed by atoms with Crippen molar-refractivity contribution < 1.29 is 13.2 Å². The van der Waals surface area contributed by atoms with Crippen LogP contribution in [0.4, 0.5) is 0 Å². The third-order valence-electron chi connectivity index (χ3n) is 6.13. The lowest BCUT2D eigenvalue weighted by molar-refractivity contribution is -0.136. The van der Waals surface area contributed by atoms with E-state index in [-0.39, 0.29) is 29.8 Å². The number of piperazine rings is 1. The molecule has 35 heavy (non-hydrogen) atoms. The van der Waals surface area contributed by atoms with Crippen LogP contribution in [0.1, 0.15) is 11.1 Å². The highest BCUT2D eigenvalue weighted by atomic mass is 79.9. The summed E-state index contributed by atoms with van der Waals surface area (Å²) < 4.78 is 29.1. The number of carbonyl (C=O) groups is 1. The lowest BCUT2D eigenvalue weighted by Crippen LogP contribution is -2.52. The summed E-state index contributed by atoms with van der Waals surface area (Å²) in [5.41, 5.74) is 2.14. The number of amides is 1. The summed E-state index contributed by atoms with van der Waals surface area (Å²) >= 11 is 12.7. The van der Waals surface area contributed by atoms with E-state index in [1.807, 2.05) is 54.6 Å². The van der Waals surface area contributed by atoms with E-state index < -0.39 is 10.0 Å². The number of hydrogen-bond donors (Lipinski definition) is 0. The SMILES string of the molecule is O=C(C(Cc1ccccc1)Cc1ccc(Cl)cc1)N1CCN(S(=O)(=O)c2cc(Br)ccc2Br)CC1. The third kappa shape index (κ3) is 6.54. The molecule has 1 saturated heterocycles. The van der Waals surface area contributed by atoms with Crippen molar-refractivity contribution in [2.75, 3.05) is 26.2 Å². The quantitative estimate of drug-likeness (QED) is 0.328. The fourth-order valence-electron chi connectivity index (χ4n) is 4.27. The van der Waals surface area contributed by atoms with E-state index in [0.717, 1.165) is 11.1 Å². The summed E-state index contributed by atoms with van der Waals surface area (Å²) in [4.78, 5) is 15.6. The molecule has 0 N–H and O–H groups in total. The van der Waals surface area contributed by atoms with Crippen molar-refractivity contribution >= 4 is 59.4 Å². The van der Waals surface area contributed by atoms with Gasteiger partial charge in [0.2, 0.25) is 15.9 Å². The highest BCUT2D eigenvalue weighted by Crippen LogP contribution is 2.29. The van der Waals surface area contributed by atoms with Gasteiger partial charge in [-0.15, -0.1) is 0 Å². The zero-order valence-corrected chi connectivity index (χ0v) is 23.7. The Kier molecular flexibility index (Phi) is 8.71. The molecule has 1 atom stereocenters. The van der Waals surface area contributed by atoms with Crippen molar-refractivity contribution in [2.45, 2.75) is 17.7 Å². The standard InChI is InChI=1S/C26H25Br2ClN2O3S/c27-22-8-11-24(28)25(18-22)35(33,34)31-14-12-30(13-15-31)26(32)21(16-19-4-2-1-3-5-19)17-20-6-9-23(29)10-7-20/h1-11,18,21H,12-17H2. The first-order valence-corrected chi connectivity index (χ1v) is 14.7. The summed E-state index contributed by atoms with van der Waals surface area (Å²) in [6, 6.07) is 22.6. The lowest BCUT2D eigenvalue weighted by Gasteiger charge is -2.36. The van der Waals surface area contributed by atoms with E-state index in [9.17, 15) is 13.2 Å². The number of carbonyl (C=O) groups excluding carboxylic acids is 1. The Balaban J connectivity index is 1.48. The van der Waals surface area contributed by atoms with Gasteiger partial charge in [0.25, 0.3) is 0 Å². The molecule has 1 amide bonds. The monoisotopic (exact) mass is 638 g/mol. The predicted octanol–water partition coefficient (Wildman–Crippen LogP) is 5.80. The Morgan fingerprint density at radius 3 is 2.09 bits per heavy atom. The highest BCUT2D eigenvalue weighted by Gasteiger charge is 2.33. The smallest absolute Gasteiger partial charge is 0.244 e. The molecule has 0 aliphatic carbocycles. The van der Waals surface area contributed by atoms with Gasteiger partial charge in [0.1, 0.15) is 0 Å². The molecule has 1 unspecified atom stereocenters. The molecule has 1 aliphatic heterocycles. The normalized spacial score (nSPS) is 15.7. The van der Waals surface area contributed by atoms with Crippen molar-refractivity contribution in [3.05, 3.63) is 97.9 Å². The van der Waals surface area contributed by atoms with Gasteiger partial charge in [-0.25, -0.2) is 8.42 Å². The van der Waals surface area contributed by atoms with Crippen molar-refractivity contribution in [1.82, 2.24) is 9.21 Å². The van der Waals surface area contributed by atoms with Crippen LogP contribution in [0.25, 0.3) is 0 Å². The van der Waals surface area contributed by atoms with Gasteiger partial charge in [-0.3, -0.25) is 4.79 Å². The molecule has 3 aromatic carbocycles. The molecule has 1 heterocycles. The van der Waals surface area contributed by atoms with E-state index in [4.69, 9.17) is 11.6 Å². The van der Waals surface area contributed by atoms with Crippen LogP contribution >= 0.6 is 43.5 Å². The average Bonchev–Trinajstić information content (AvgIpc) is 2.86. The van der Waals surface area contributed by atoms with Crippen LogP contribution in [-0.2, 0) is 27.7 Å². The molecule has 0 saturated carbocycles. The maximum Gasteiger partial charge on any atom is 0.244 e. The molecule has 4 rings (SSSR count). The largest absolute Gasteiger partial charge is 0.340 e. The zero-order valence-electron chi connectivity index (χ0n) is 18.9. The molecule has 5 nitrogen and oxygen atoms in total. The van der Waals surface area contributed by atoms with Crippen molar-refractivity contribution in [3.63, 3.8) is 0 Å². The fourth-order valence-corrected chi connectivity index (χ4v) is 7.28. The van der Waals surface area contributed by atoms with E-state index in [2.05, 4.69) is 31.9 Å². The van der Waals surface area contributed by atoms with Crippen molar-refractivity contribution in [1.29, 1.82) is 0 Å². The second-order valence-electron chi connectivity index (χ2n) is 8.52. The Hall–Kier alpha value is -1.71. The minimum absolute atomic E-state index is 0.0458. The van der Waals surface area contributed by atoms with E-state index in [0.29, 0.717) is 39.9 Å². The lowest BCUT2D eigenvalue weighted by atomic mass is 9.91. The first-order chi connectivity index (χ1) is 16.7. The van der Waals surface area contributed by atoms with Crippen LogP contribution in [0, 0.1) is 5.92 Å². The van der Waals surface area contributed by atoms with Crippen LogP contribution < -0.4 is 0 Å². The number of hydrogen-bond acceptors (Lipinski definition) is 3. The summed E-state index contributed by atoms with van der Waals surface area (Å²) in [7, 11) is -3.68. The Morgan fingerprint density at radius 1 is 0.857 bits per heavy atom. The molecule has 9 heteroatoms. The van der Waals surface area contributed by atoms with Gasteiger partial charge in [0, 0.05) is 46.1 Å². The molecular formula is C26H25Br2ClN2O3S. The van der Waals surface area contributed by atoms with Gasteiger partial charge in [-0.1, -0.05) is 70.0 Å². The molecule has 0 bridgehead atoms. The molecule has 1 fully saturated rings. The molecule has 184 valence electrons. The van der Waals surface area contributed by atoms with Crippen LogP contribution in [0.3, 0.4) is 0 Å². The van der Waals surface area contributed by atoms with E-state index in [1.165, 1.54) is 4.31 Å². The maximum absolute atomic E-state index is 13.6. The highest BCUT2D eigenvalue weighted by molar-refractivity contribution is 9.11. The Morgan fingerprint density at radius 2 is 1.46 bits per heavy atom. The van der Waals surface area contributed by atoms with Crippen LogP contribution in [0.2, 0.25) is 5.02 Å². The van der Waals surface area contributed by atoms with Gasteiger partial charge in [0.05, 0.1) is 4.90 Å². The van der Waals surface area contributed by atoms with Gasteiger partial charge in [0.15, 0.2) is 0 Å². The molecule has 0 radical (unpaired) electrons. The first kappa shape index (κ1) is 26.4. The van der Waals surface area contributed by atoms with Gasteiger partial charge >= 0.3 is 0 Å². The van der Waals surface area contributed by atoms with Crippen LogP contribution in [0.5, 0.6) is 0 Å². The minimum atomic E-state index is -3.68. The molecule has 3 aromatic rings. The summed E-state index contributed by atoms with van der Waals surface area (Å²) in [5, 5.41) is 0.661. The minimum Gasteiger partial charge on any atom is -0.340 e. The molecule has 1 aliphatic rings. The number of nitrogens with zero attached hydrogens (tertiary/aromatic N) is 2. The Labute approximate surface area is 228 Å². The van der Waals surface area contributed by atoms with Crippen molar-refractivity contribution in [2.24, 2.45) is 5.92 Å². The summed E-state index contributed by atoms with van der Waals surface area (Å²) in [6.45, 7) is 1.23.